The first-order chi connectivity index (χ1) is 10.6. The first kappa shape index (κ1) is 14.9. The Morgan fingerprint density at radius 2 is 2.05 bits per heavy atom. The quantitative estimate of drug-likeness (QED) is 0.540. The van der Waals surface area contributed by atoms with Crippen molar-refractivity contribution < 1.29 is 0 Å². The Kier molecular flexibility index (Phi) is 4.31. The van der Waals surface area contributed by atoms with Crippen LogP contribution in [0, 0.1) is 11.7 Å². The number of rotatable bonds is 3. The van der Waals surface area contributed by atoms with Crippen LogP contribution in [0.1, 0.15) is 11.1 Å². The van der Waals surface area contributed by atoms with E-state index in [4.69, 9.17) is 12.2 Å². The Bertz CT molecular complexity index is 895. The van der Waals surface area contributed by atoms with Gasteiger partial charge in [-0.15, -0.1) is 0 Å². The van der Waals surface area contributed by atoms with Crippen LogP contribution in [-0.4, -0.2) is 21.1 Å². The normalized spacial score (nSPS) is 11.2. The van der Waals surface area contributed by atoms with Crippen LogP contribution >= 0.6 is 28.1 Å². The third-order valence-corrected chi connectivity index (χ3v) is 3.99. The lowest BCUT2D eigenvalue weighted by Gasteiger charge is -2.02. The topological polar surface area (TPSA) is 46.0 Å². The van der Waals surface area contributed by atoms with Crippen LogP contribution in [-0.2, 0) is 0 Å². The SMILES string of the molecule is Cc1ccccc1/C=N\n1c(-c2cccc(Br)c2)n[nH]c1=S. The molecule has 0 atom stereocenters. The minimum atomic E-state index is 0.458. The molecule has 0 saturated carbocycles. The van der Waals surface area contributed by atoms with Gasteiger partial charge < -0.3 is 0 Å². The van der Waals surface area contributed by atoms with Gasteiger partial charge in [0.25, 0.3) is 0 Å². The van der Waals surface area contributed by atoms with Crippen molar-refractivity contribution in [2.45, 2.75) is 6.92 Å². The number of hydrogen-bond donors (Lipinski definition) is 1. The number of nitrogens with zero attached hydrogens (tertiary/aromatic N) is 3. The highest BCUT2D eigenvalue weighted by atomic mass is 79.9. The summed E-state index contributed by atoms with van der Waals surface area (Å²) < 4.78 is 3.07. The number of nitrogens with one attached hydrogen (secondary N) is 1. The summed E-state index contributed by atoms with van der Waals surface area (Å²) in [7, 11) is 0. The van der Waals surface area contributed by atoms with Crippen LogP contribution < -0.4 is 0 Å². The van der Waals surface area contributed by atoms with Gasteiger partial charge >= 0.3 is 0 Å². The van der Waals surface area contributed by atoms with E-state index >= 15 is 0 Å². The predicted octanol–water partition coefficient (Wildman–Crippen LogP) is 4.56. The van der Waals surface area contributed by atoms with E-state index in [9.17, 15) is 0 Å². The fourth-order valence-corrected chi connectivity index (χ4v) is 2.64. The average Bonchev–Trinajstić information content (AvgIpc) is 2.87. The van der Waals surface area contributed by atoms with E-state index in [1.807, 2.05) is 55.5 Å². The van der Waals surface area contributed by atoms with Crippen molar-refractivity contribution in [1.29, 1.82) is 0 Å². The van der Waals surface area contributed by atoms with E-state index in [0.29, 0.717) is 10.6 Å². The van der Waals surface area contributed by atoms with E-state index in [2.05, 4.69) is 31.2 Å². The molecule has 0 unspecified atom stereocenters. The molecule has 0 aliphatic rings. The van der Waals surface area contributed by atoms with Crippen LogP contribution in [0.3, 0.4) is 0 Å². The lowest BCUT2D eigenvalue weighted by molar-refractivity contribution is 0.871. The summed E-state index contributed by atoms with van der Waals surface area (Å²) in [6, 6.07) is 15.9. The molecular formula is C16H13BrN4S. The fraction of sp³-hybridized carbons (Fsp3) is 0.0625. The molecule has 0 bridgehead atoms. The highest BCUT2D eigenvalue weighted by Gasteiger charge is 2.08. The van der Waals surface area contributed by atoms with Crippen LogP contribution in [0.15, 0.2) is 58.1 Å². The second-order valence-corrected chi connectivity index (χ2v) is 6.08. The second-order valence-electron chi connectivity index (χ2n) is 4.78. The Hall–Kier alpha value is -2.05. The zero-order valence-corrected chi connectivity index (χ0v) is 14.2. The molecule has 0 fully saturated rings. The van der Waals surface area contributed by atoms with Crippen molar-refractivity contribution in [3.05, 3.63) is 68.9 Å². The Morgan fingerprint density at radius 3 is 2.82 bits per heavy atom. The maximum atomic E-state index is 5.27. The second kappa shape index (κ2) is 6.37. The summed E-state index contributed by atoms with van der Waals surface area (Å²) in [5.41, 5.74) is 3.14. The van der Waals surface area contributed by atoms with Gasteiger partial charge in [-0.3, -0.25) is 0 Å². The lowest BCUT2D eigenvalue weighted by atomic mass is 10.1. The number of H-pyrrole nitrogens is 1. The van der Waals surface area contributed by atoms with E-state index in [0.717, 1.165) is 21.2 Å². The Morgan fingerprint density at radius 1 is 1.23 bits per heavy atom. The van der Waals surface area contributed by atoms with Crippen molar-refractivity contribution in [1.82, 2.24) is 14.9 Å². The molecule has 1 N–H and O–H groups in total. The monoisotopic (exact) mass is 372 g/mol. The van der Waals surface area contributed by atoms with Gasteiger partial charge in [-0.25, -0.2) is 5.10 Å². The van der Waals surface area contributed by atoms with Gasteiger partial charge in [0, 0.05) is 10.0 Å². The van der Waals surface area contributed by atoms with Gasteiger partial charge in [0.2, 0.25) is 4.77 Å². The minimum Gasteiger partial charge on any atom is -0.250 e. The van der Waals surface area contributed by atoms with Gasteiger partial charge in [0.05, 0.1) is 6.21 Å². The number of hydrogen-bond acceptors (Lipinski definition) is 3. The largest absolute Gasteiger partial charge is 0.250 e. The lowest BCUT2D eigenvalue weighted by Crippen LogP contribution is -1.96. The predicted molar refractivity (Wildman–Crippen MR) is 94.7 cm³/mol. The average molecular weight is 373 g/mol. The molecule has 3 aromatic rings. The Balaban J connectivity index is 2.04. The maximum Gasteiger partial charge on any atom is 0.216 e. The molecule has 3 rings (SSSR count). The molecule has 22 heavy (non-hydrogen) atoms. The molecule has 2 aromatic carbocycles. The van der Waals surface area contributed by atoms with E-state index in [1.165, 1.54) is 0 Å². The standard InChI is InChI=1S/C16H13BrN4S/c1-11-5-2-3-6-13(11)10-18-21-15(19-20-16(21)22)12-7-4-8-14(17)9-12/h2-10H,1H3,(H,20,22)/b18-10-. The maximum absolute atomic E-state index is 5.27. The van der Waals surface area contributed by atoms with Gasteiger partial charge in [-0.2, -0.15) is 14.9 Å². The van der Waals surface area contributed by atoms with Crippen molar-refractivity contribution in [2.75, 3.05) is 0 Å². The van der Waals surface area contributed by atoms with Crippen molar-refractivity contribution >= 4 is 34.4 Å². The van der Waals surface area contributed by atoms with Crippen molar-refractivity contribution in [3.8, 4) is 11.4 Å². The number of aryl methyl sites for hydroxylation is 1. The van der Waals surface area contributed by atoms with Crippen molar-refractivity contribution in [2.24, 2.45) is 5.10 Å². The summed E-state index contributed by atoms with van der Waals surface area (Å²) in [6.07, 6.45) is 1.79. The first-order valence-electron chi connectivity index (χ1n) is 6.68. The summed E-state index contributed by atoms with van der Waals surface area (Å²) >= 11 is 8.74. The summed E-state index contributed by atoms with van der Waals surface area (Å²) in [5.74, 6) is 0.677. The molecule has 0 radical (unpaired) electrons. The van der Waals surface area contributed by atoms with Gasteiger partial charge in [-0.1, -0.05) is 52.3 Å². The number of aromatic nitrogens is 3. The number of benzene rings is 2. The molecule has 1 heterocycles. The molecule has 110 valence electrons. The molecule has 6 heteroatoms. The number of halogens is 1. The molecule has 0 saturated heterocycles. The smallest absolute Gasteiger partial charge is 0.216 e. The van der Waals surface area contributed by atoms with Gasteiger partial charge in [0.15, 0.2) is 5.82 Å². The summed E-state index contributed by atoms with van der Waals surface area (Å²) in [5, 5.41) is 11.5. The number of aromatic amines is 1. The van der Waals surface area contributed by atoms with Gasteiger partial charge in [-0.05, 0) is 42.4 Å². The zero-order chi connectivity index (χ0) is 15.5. The van der Waals surface area contributed by atoms with Crippen LogP contribution in [0.5, 0.6) is 0 Å². The third-order valence-electron chi connectivity index (χ3n) is 3.23. The molecule has 0 amide bonds. The summed E-state index contributed by atoms with van der Waals surface area (Å²) in [6.45, 7) is 2.05. The van der Waals surface area contributed by atoms with E-state index in [1.54, 1.807) is 10.9 Å². The molecule has 0 aliphatic heterocycles. The van der Waals surface area contributed by atoms with Crippen LogP contribution in [0.2, 0.25) is 0 Å². The highest BCUT2D eigenvalue weighted by molar-refractivity contribution is 9.10. The van der Waals surface area contributed by atoms with Gasteiger partial charge in [0.1, 0.15) is 0 Å². The first-order valence-corrected chi connectivity index (χ1v) is 7.88. The molecule has 0 aliphatic carbocycles. The van der Waals surface area contributed by atoms with E-state index in [-0.39, 0.29) is 0 Å². The molecule has 4 nitrogen and oxygen atoms in total. The molecule has 1 aromatic heterocycles. The highest BCUT2D eigenvalue weighted by Crippen LogP contribution is 2.21. The molecular weight excluding hydrogens is 360 g/mol. The van der Waals surface area contributed by atoms with E-state index < -0.39 is 0 Å². The molecule has 0 spiro atoms. The zero-order valence-electron chi connectivity index (χ0n) is 11.8. The fourth-order valence-electron chi connectivity index (χ4n) is 2.06. The van der Waals surface area contributed by atoms with Crippen LogP contribution in [0.4, 0.5) is 0 Å². The summed E-state index contributed by atoms with van der Waals surface area (Å²) in [4.78, 5) is 0. The Labute approximate surface area is 141 Å². The van der Waals surface area contributed by atoms with Crippen molar-refractivity contribution in [3.63, 3.8) is 0 Å². The minimum absolute atomic E-state index is 0.458. The third kappa shape index (κ3) is 3.08. The van der Waals surface area contributed by atoms with Crippen LogP contribution in [0.25, 0.3) is 11.4 Å².